The van der Waals surface area contributed by atoms with Crippen LogP contribution in [-0.2, 0) is 0 Å². The van der Waals surface area contributed by atoms with E-state index in [1.54, 1.807) is 6.07 Å². The highest BCUT2D eigenvalue weighted by Crippen LogP contribution is 2.24. The number of aliphatic imine (C=N–C) groups is 1. The number of thioether (sulfide) groups is 1. The second-order valence-corrected chi connectivity index (χ2v) is 5.10. The number of amidine groups is 1. The fraction of sp³-hybridized carbons (Fsp3) is 0.333. The van der Waals surface area contributed by atoms with Gasteiger partial charge in [0.05, 0.1) is 5.56 Å². The van der Waals surface area contributed by atoms with Gasteiger partial charge in [-0.2, -0.15) is 5.11 Å². The van der Waals surface area contributed by atoms with Crippen molar-refractivity contribution in [3.8, 4) is 5.75 Å². The van der Waals surface area contributed by atoms with Crippen LogP contribution in [0.15, 0.2) is 39.5 Å². The Labute approximate surface area is 114 Å². The number of fused-ring (bicyclic) bond motifs is 1. The number of azo groups is 1. The number of hydrogen-bond acceptors (Lipinski definition) is 6. The molecule has 2 aliphatic heterocycles. The first-order valence-electron chi connectivity index (χ1n) is 5.94. The highest BCUT2D eigenvalue weighted by Gasteiger charge is 2.24. The summed E-state index contributed by atoms with van der Waals surface area (Å²) in [5.41, 5.74) is 0.584. The highest BCUT2D eigenvalue weighted by molar-refractivity contribution is 8.13. The molecular formula is C12H12N4O2S. The Morgan fingerprint density at radius 1 is 1.42 bits per heavy atom. The van der Waals surface area contributed by atoms with Crippen LogP contribution < -0.4 is 10.1 Å². The van der Waals surface area contributed by atoms with E-state index in [2.05, 4.69) is 20.5 Å². The van der Waals surface area contributed by atoms with E-state index in [1.807, 2.05) is 18.2 Å². The molecule has 0 bridgehead atoms. The van der Waals surface area contributed by atoms with E-state index in [-0.39, 0.29) is 12.1 Å². The van der Waals surface area contributed by atoms with Gasteiger partial charge in [0.2, 0.25) is 5.17 Å². The van der Waals surface area contributed by atoms with Gasteiger partial charge in [0.15, 0.2) is 12.9 Å². The normalized spacial score (nSPS) is 20.5. The lowest BCUT2D eigenvalue weighted by molar-refractivity contribution is 0.0752. The minimum atomic E-state index is -0.297. The van der Waals surface area contributed by atoms with E-state index < -0.39 is 0 Å². The molecule has 6 nitrogen and oxygen atoms in total. The van der Waals surface area contributed by atoms with Crippen LogP contribution >= 0.6 is 11.8 Å². The maximum absolute atomic E-state index is 11.9. The number of nitrogens with one attached hydrogen (secondary N) is 1. The monoisotopic (exact) mass is 276 g/mol. The molecule has 0 spiro atoms. The van der Waals surface area contributed by atoms with Crippen molar-refractivity contribution < 1.29 is 9.53 Å². The molecular weight excluding hydrogens is 264 g/mol. The summed E-state index contributed by atoms with van der Waals surface area (Å²) < 4.78 is 5.73. The van der Waals surface area contributed by atoms with E-state index in [0.29, 0.717) is 29.6 Å². The first-order chi connectivity index (χ1) is 9.33. The number of amides is 1. The van der Waals surface area contributed by atoms with Gasteiger partial charge in [-0.05, 0) is 12.1 Å². The van der Waals surface area contributed by atoms with Crippen molar-refractivity contribution in [3.63, 3.8) is 0 Å². The largest absolute Gasteiger partial charge is 0.470 e. The maximum atomic E-state index is 11.9. The molecule has 0 aromatic heterocycles. The van der Waals surface area contributed by atoms with E-state index >= 15 is 0 Å². The third-order valence-electron chi connectivity index (χ3n) is 2.73. The van der Waals surface area contributed by atoms with Crippen molar-refractivity contribution in [1.29, 1.82) is 0 Å². The van der Waals surface area contributed by atoms with E-state index in [1.165, 1.54) is 11.8 Å². The molecule has 98 valence electrons. The Morgan fingerprint density at radius 2 is 2.32 bits per heavy atom. The lowest BCUT2D eigenvalue weighted by atomic mass is 10.1. The Hall–Kier alpha value is -1.89. The Balaban J connectivity index is 1.56. The molecule has 2 aliphatic rings. The van der Waals surface area contributed by atoms with Crippen molar-refractivity contribution in [1.82, 2.24) is 5.32 Å². The first kappa shape index (κ1) is 12.2. The van der Waals surface area contributed by atoms with Crippen LogP contribution in [-0.4, -0.2) is 29.7 Å². The molecule has 1 N–H and O–H groups in total. The number of hydrogen-bond donors (Lipinski definition) is 1. The molecule has 2 heterocycles. The third-order valence-corrected chi connectivity index (χ3v) is 3.64. The molecule has 0 saturated heterocycles. The summed E-state index contributed by atoms with van der Waals surface area (Å²) in [4.78, 5) is 15.9. The van der Waals surface area contributed by atoms with Crippen LogP contribution in [0.3, 0.4) is 0 Å². The van der Waals surface area contributed by atoms with Gasteiger partial charge in [-0.3, -0.25) is 4.79 Å². The summed E-state index contributed by atoms with van der Waals surface area (Å²) >= 11 is 1.52. The minimum Gasteiger partial charge on any atom is -0.470 e. The predicted molar refractivity (Wildman–Crippen MR) is 72.6 cm³/mol. The first-order valence-corrected chi connectivity index (χ1v) is 6.93. The molecule has 0 radical (unpaired) electrons. The van der Waals surface area contributed by atoms with Crippen LogP contribution in [0.4, 0.5) is 0 Å². The summed E-state index contributed by atoms with van der Waals surface area (Å²) in [6.07, 6.45) is 0.396. The summed E-state index contributed by atoms with van der Waals surface area (Å²) in [6, 6.07) is 7.24. The quantitative estimate of drug-likeness (QED) is 0.917. The summed E-state index contributed by atoms with van der Waals surface area (Å²) in [6.45, 7) is 0.423. The zero-order valence-corrected chi connectivity index (χ0v) is 10.9. The van der Waals surface area contributed by atoms with Crippen LogP contribution in [0.5, 0.6) is 5.75 Å². The van der Waals surface area contributed by atoms with Crippen molar-refractivity contribution >= 4 is 22.8 Å². The lowest BCUT2D eigenvalue weighted by Gasteiger charge is -2.26. The number of carbonyl (C=O) groups is 1. The SMILES string of the molecule is O=C1N[C@@H](CCSC2=NCN=N2)Oc2ccccc21. The molecule has 0 aliphatic carbocycles. The summed E-state index contributed by atoms with van der Waals surface area (Å²) in [5.74, 6) is 1.32. The van der Waals surface area contributed by atoms with Crippen LogP contribution in [0.25, 0.3) is 0 Å². The van der Waals surface area contributed by atoms with Crippen LogP contribution in [0.2, 0.25) is 0 Å². The fourth-order valence-corrected chi connectivity index (χ4v) is 2.62. The average molecular weight is 276 g/mol. The standard InChI is InChI=1S/C12H12N4O2S/c17-11-8-3-1-2-4-9(8)18-10(15-11)5-6-19-12-13-7-14-16-12/h1-4,10H,5-7H2,(H,15,17)/t10-/m1/s1. The lowest BCUT2D eigenvalue weighted by Crippen LogP contribution is -2.43. The van der Waals surface area contributed by atoms with Gasteiger partial charge in [-0.25, -0.2) is 4.99 Å². The molecule has 0 fully saturated rings. The number of rotatable bonds is 3. The van der Waals surface area contributed by atoms with Gasteiger partial charge < -0.3 is 10.1 Å². The molecule has 1 aromatic carbocycles. The third kappa shape index (κ3) is 2.76. The number of para-hydroxylation sites is 1. The summed E-state index contributed by atoms with van der Waals surface area (Å²) in [7, 11) is 0. The zero-order valence-electron chi connectivity index (χ0n) is 10.1. The van der Waals surface area contributed by atoms with Gasteiger partial charge in [0.25, 0.3) is 5.91 Å². The van der Waals surface area contributed by atoms with Gasteiger partial charge >= 0.3 is 0 Å². The molecule has 7 heteroatoms. The van der Waals surface area contributed by atoms with E-state index in [9.17, 15) is 4.79 Å². The molecule has 1 atom stereocenters. The molecule has 0 saturated carbocycles. The number of ether oxygens (including phenoxy) is 1. The molecule has 1 aromatic rings. The number of benzene rings is 1. The maximum Gasteiger partial charge on any atom is 0.257 e. The molecule has 0 unspecified atom stereocenters. The summed E-state index contributed by atoms with van der Waals surface area (Å²) in [5, 5.41) is 11.2. The molecule has 3 rings (SSSR count). The minimum absolute atomic E-state index is 0.0882. The fourth-order valence-electron chi connectivity index (χ4n) is 1.84. The predicted octanol–water partition coefficient (Wildman–Crippen LogP) is 2.04. The highest BCUT2D eigenvalue weighted by atomic mass is 32.2. The van der Waals surface area contributed by atoms with Crippen LogP contribution in [0.1, 0.15) is 16.8 Å². The second-order valence-electron chi connectivity index (χ2n) is 4.04. The van der Waals surface area contributed by atoms with E-state index in [0.717, 1.165) is 5.75 Å². The Kier molecular flexibility index (Phi) is 3.45. The Morgan fingerprint density at radius 3 is 3.16 bits per heavy atom. The number of nitrogens with zero attached hydrogens (tertiary/aromatic N) is 3. The van der Waals surface area contributed by atoms with Gasteiger partial charge in [0.1, 0.15) is 5.75 Å². The molecule has 19 heavy (non-hydrogen) atoms. The van der Waals surface area contributed by atoms with E-state index in [4.69, 9.17) is 4.74 Å². The topological polar surface area (TPSA) is 75.4 Å². The Bertz CT molecular complexity index is 558. The number of carbonyl (C=O) groups excluding carboxylic acids is 1. The smallest absolute Gasteiger partial charge is 0.257 e. The molecule has 1 amide bonds. The van der Waals surface area contributed by atoms with Crippen molar-refractivity contribution in [2.24, 2.45) is 15.2 Å². The van der Waals surface area contributed by atoms with Gasteiger partial charge in [-0.1, -0.05) is 23.9 Å². The average Bonchev–Trinajstić information content (AvgIpc) is 2.92. The zero-order chi connectivity index (χ0) is 13.1. The van der Waals surface area contributed by atoms with Crippen molar-refractivity contribution in [3.05, 3.63) is 29.8 Å². The van der Waals surface area contributed by atoms with Crippen molar-refractivity contribution in [2.45, 2.75) is 12.6 Å². The second kappa shape index (κ2) is 5.40. The van der Waals surface area contributed by atoms with Crippen LogP contribution in [0, 0.1) is 0 Å². The van der Waals surface area contributed by atoms with Gasteiger partial charge in [-0.15, -0.1) is 5.11 Å². The van der Waals surface area contributed by atoms with Gasteiger partial charge in [0, 0.05) is 12.2 Å². The van der Waals surface area contributed by atoms with Crippen molar-refractivity contribution in [2.75, 3.05) is 12.4 Å².